The lowest BCUT2D eigenvalue weighted by atomic mass is 10.0. The third-order valence-electron chi connectivity index (χ3n) is 4.75. The third-order valence-corrected chi connectivity index (χ3v) is 4.75. The quantitative estimate of drug-likeness (QED) is 0.460. The van der Waals surface area contributed by atoms with Crippen LogP contribution in [-0.4, -0.2) is 12.5 Å². The van der Waals surface area contributed by atoms with Crippen LogP contribution in [0.5, 0.6) is 11.5 Å². The molecule has 162 valence electrons. The number of carbonyl (C=O) groups is 1. The number of rotatable bonds is 8. The Morgan fingerprint density at radius 3 is 2.32 bits per heavy atom. The first-order valence-corrected chi connectivity index (χ1v) is 10.1. The van der Waals surface area contributed by atoms with E-state index in [4.69, 9.17) is 9.47 Å². The summed E-state index contributed by atoms with van der Waals surface area (Å²) in [4.78, 5) is 12.6. The number of nitrogens with one attached hydrogen (secondary N) is 1. The van der Waals surface area contributed by atoms with Crippen LogP contribution in [0.4, 0.5) is 14.5 Å². The number of anilines is 1. The molecule has 6 heteroatoms. The second-order valence-corrected chi connectivity index (χ2v) is 7.29. The monoisotopic (exact) mass is 425 g/mol. The molecule has 0 heterocycles. The molecule has 4 nitrogen and oxygen atoms in total. The first-order chi connectivity index (χ1) is 14.9. The minimum absolute atomic E-state index is 0.175. The average molecular weight is 425 g/mol. The lowest BCUT2D eigenvalue weighted by Crippen LogP contribution is -2.15. The van der Waals surface area contributed by atoms with Crippen molar-refractivity contribution in [2.24, 2.45) is 0 Å². The van der Waals surface area contributed by atoms with Gasteiger partial charge in [-0.25, -0.2) is 8.78 Å². The van der Waals surface area contributed by atoms with E-state index in [9.17, 15) is 13.6 Å². The summed E-state index contributed by atoms with van der Waals surface area (Å²) < 4.78 is 39.5. The molecule has 0 aliphatic carbocycles. The summed E-state index contributed by atoms with van der Waals surface area (Å²) in [7, 11) is 0. The van der Waals surface area contributed by atoms with Gasteiger partial charge in [-0.2, -0.15) is 0 Å². The minimum Gasteiger partial charge on any atom is -0.493 e. The summed E-state index contributed by atoms with van der Waals surface area (Å²) in [5.41, 5.74) is 1.48. The molecule has 0 atom stereocenters. The van der Waals surface area contributed by atoms with Gasteiger partial charge in [0.15, 0.2) is 0 Å². The summed E-state index contributed by atoms with van der Waals surface area (Å²) in [6, 6.07) is 16.0. The van der Waals surface area contributed by atoms with E-state index in [0.29, 0.717) is 17.9 Å². The van der Waals surface area contributed by atoms with Crippen molar-refractivity contribution in [1.29, 1.82) is 0 Å². The first kappa shape index (κ1) is 22.3. The predicted molar refractivity (Wildman–Crippen MR) is 117 cm³/mol. The molecule has 0 spiro atoms. The Morgan fingerprint density at radius 2 is 1.65 bits per heavy atom. The summed E-state index contributed by atoms with van der Waals surface area (Å²) in [5.74, 6) is -0.686. The standard InChI is InChI=1S/C25H25F2NO3/c1-4-30-22-13-12-17(25(29)28-24-20(26)9-7-10-21(24)27)14-18(22)15-31-23-11-6-5-8-19(23)16(2)3/h5-14,16H,4,15H2,1-3H3,(H,28,29). The molecular weight excluding hydrogens is 400 g/mol. The molecule has 0 aliphatic rings. The Labute approximate surface area is 180 Å². The van der Waals surface area contributed by atoms with Crippen LogP contribution in [0, 0.1) is 11.6 Å². The smallest absolute Gasteiger partial charge is 0.255 e. The molecular formula is C25H25F2NO3. The minimum atomic E-state index is -0.840. The van der Waals surface area contributed by atoms with Gasteiger partial charge in [0.05, 0.1) is 6.61 Å². The van der Waals surface area contributed by atoms with Crippen LogP contribution in [0.15, 0.2) is 60.7 Å². The van der Waals surface area contributed by atoms with Crippen molar-refractivity contribution in [3.63, 3.8) is 0 Å². The number of hydrogen-bond donors (Lipinski definition) is 1. The summed E-state index contributed by atoms with van der Waals surface area (Å²) >= 11 is 0. The number of para-hydroxylation sites is 2. The molecule has 1 N–H and O–H groups in total. The Balaban J connectivity index is 1.85. The molecule has 0 aromatic heterocycles. The molecule has 0 saturated heterocycles. The average Bonchev–Trinajstić information content (AvgIpc) is 2.76. The highest BCUT2D eigenvalue weighted by atomic mass is 19.1. The molecule has 3 aromatic rings. The van der Waals surface area contributed by atoms with E-state index in [1.807, 2.05) is 31.2 Å². The van der Waals surface area contributed by atoms with Crippen molar-refractivity contribution in [3.8, 4) is 11.5 Å². The molecule has 0 saturated carbocycles. The van der Waals surface area contributed by atoms with Crippen molar-refractivity contribution in [1.82, 2.24) is 0 Å². The molecule has 31 heavy (non-hydrogen) atoms. The van der Waals surface area contributed by atoms with E-state index >= 15 is 0 Å². The fourth-order valence-electron chi connectivity index (χ4n) is 3.18. The van der Waals surface area contributed by atoms with Crippen LogP contribution >= 0.6 is 0 Å². The lowest BCUT2D eigenvalue weighted by molar-refractivity contribution is 0.102. The summed E-state index contributed by atoms with van der Waals surface area (Å²) in [5, 5.41) is 2.30. The van der Waals surface area contributed by atoms with Crippen LogP contribution < -0.4 is 14.8 Å². The molecule has 0 radical (unpaired) electrons. The van der Waals surface area contributed by atoms with Crippen LogP contribution in [0.25, 0.3) is 0 Å². The number of hydrogen-bond acceptors (Lipinski definition) is 3. The summed E-state index contributed by atoms with van der Waals surface area (Å²) in [6.45, 7) is 6.65. The SMILES string of the molecule is CCOc1ccc(C(=O)Nc2c(F)cccc2F)cc1COc1ccccc1C(C)C. The molecule has 1 amide bonds. The van der Waals surface area contributed by atoms with Crippen molar-refractivity contribution in [3.05, 3.63) is 89.0 Å². The van der Waals surface area contributed by atoms with Crippen LogP contribution in [-0.2, 0) is 6.61 Å². The van der Waals surface area contributed by atoms with Crippen molar-refractivity contribution < 1.29 is 23.0 Å². The number of halogens is 2. The normalized spacial score (nSPS) is 10.8. The van der Waals surface area contributed by atoms with Gasteiger partial charge in [-0.3, -0.25) is 4.79 Å². The van der Waals surface area contributed by atoms with E-state index in [1.165, 1.54) is 6.07 Å². The number of benzene rings is 3. The van der Waals surface area contributed by atoms with Crippen LogP contribution in [0.1, 0.15) is 48.2 Å². The maximum Gasteiger partial charge on any atom is 0.255 e. The van der Waals surface area contributed by atoms with Crippen LogP contribution in [0.3, 0.4) is 0 Å². The van der Waals surface area contributed by atoms with Crippen molar-refractivity contribution in [2.75, 3.05) is 11.9 Å². The van der Waals surface area contributed by atoms with Crippen molar-refractivity contribution in [2.45, 2.75) is 33.3 Å². The number of amides is 1. The second kappa shape index (κ2) is 10.1. The first-order valence-electron chi connectivity index (χ1n) is 10.1. The third kappa shape index (κ3) is 5.40. The fraction of sp³-hybridized carbons (Fsp3) is 0.240. The van der Waals surface area contributed by atoms with Gasteiger partial charge in [-0.05, 0) is 54.8 Å². The van der Waals surface area contributed by atoms with E-state index in [1.54, 1.807) is 18.2 Å². The van der Waals surface area contributed by atoms with Gasteiger partial charge in [0.25, 0.3) is 5.91 Å². The topological polar surface area (TPSA) is 47.6 Å². The highest BCUT2D eigenvalue weighted by molar-refractivity contribution is 6.04. The lowest BCUT2D eigenvalue weighted by Gasteiger charge is -2.16. The molecule has 0 fully saturated rings. The van der Waals surface area contributed by atoms with E-state index in [0.717, 1.165) is 23.4 Å². The van der Waals surface area contributed by atoms with Crippen LogP contribution in [0.2, 0.25) is 0 Å². The van der Waals surface area contributed by atoms with Gasteiger partial charge in [0.1, 0.15) is 35.4 Å². The number of ether oxygens (including phenoxy) is 2. The van der Waals surface area contributed by atoms with E-state index < -0.39 is 23.2 Å². The molecule has 3 aromatic carbocycles. The highest BCUT2D eigenvalue weighted by Gasteiger charge is 2.16. The van der Waals surface area contributed by atoms with Gasteiger partial charge in [-0.15, -0.1) is 0 Å². The Hall–Kier alpha value is -3.41. The zero-order valence-electron chi connectivity index (χ0n) is 17.7. The molecule has 0 bridgehead atoms. The van der Waals surface area contributed by atoms with Gasteiger partial charge in [0.2, 0.25) is 0 Å². The van der Waals surface area contributed by atoms with Gasteiger partial charge in [-0.1, -0.05) is 38.1 Å². The molecule has 3 rings (SSSR count). The van der Waals surface area contributed by atoms with E-state index in [2.05, 4.69) is 19.2 Å². The second-order valence-electron chi connectivity index (χ2n) is 7.29. The maximum absolute atomic E-state index is 13.9. The highest BCUT2D eigenvalue weighted by Crippen LogP contribution is 2.29. The molecule has 0 unspecified atom stereocenters. The van der Waals surface area contributed by atoms with Gasteiger partial charge >= 0.3 is 0 Å². The largest absolute Gasteiger partial charge is 0.493 e. The number of carbonyl (C=O) groups excluding carboxylic acids is 1. The summed E-state index contributed by atoms with van der Waals surface area (Å²) in [6.07, 6.45) is 0. The van der Waals surface area contributed by atoms with Crippen molar-refractivity contribution >= 4 is 11.6 Å². The zero-order valence-corrected chi connectivity index (χ0v) is 17.7. The van der Waals surface area contributed by atoms with Gasteiger partial charge in [0, 0.05) is 11.1 Å². The molecule has 0 aliphatic heterocycles. The Bertz CT molecular complexity index is 1050. The Kier molecular flexibility index (Phi) is 7.23. The van der Waals surface area contributed by atoms with E-state index in [-0.39, 0.29) is 18.1 Å². The maximum atomic E-state index is 13.9. The fourth-order valence-corrected chi connectivity index (χ4v) is 3.18. The predicted octanol–water partition coefficient (Wildman–Crippen LogP) is 6.32. The Morgan fingerprint density at radius 1 is 0.935 bits per heavy atom. The van der Waals surface area contributed by atoms with Gasteiger partial charge < -0.3 is 14.8 Å². The zero-order chi connectivity index (χ0) is 22.4.